The number of carbonyl (C=O) groups is 1. The maximum absolute atomic E-state index is 11.9. The van der Waals surface area contributed by atoms with Crippen LogP contribution in [0.15, 0.2) is 18.3 Å². The number of urea groups is 1. The zero-order chi connectivity index (χ0) is 14.4. The van der Waals surface area contributed by atoms with E-state index in [1.165, 1.54) is 0 Å². The Hall–Kier alpha value is -1.98. The van der Waals surface area contributed by atoms with Crippen LogP contribution in [0.25, 0.3) is 0 Å². The molecule has 0 aromatic carbocycles. The number of carbonyl (C=O) groups excluding carboxylic acids is 1. The van der Waals surface area contributed by atoms with E-state index in [0.717, 1.165) is 51.3 Å². The molecule has 0 aliphatic carbocycles. The van der Waals surface area contributed by atoms with Gasteiger partial charge in [0.15, 0.2) is 0 Å². The van der Waals surface area contributed by atoms with Gasteiger partial charge in [0.05, 0.1) is 11.9 Å². The van der Waals surface area contributed by atoms with Gasteiger partial charge in [-0.1, -0.05) is 13.3 Å². The first-order chi connectivity index (χ1) is 9.70. The predicted octanol–water partition coefficient (Wildman–Crippen LogP) is 1.30. The molecule has 0 atom stereocenters. The van der Waals surface area contributed by atoms with E-state index in [1.807, 2.05) is 11.0 Å². The SMILES string of the molecule is CCCCNC(=O)N1CCN(c2ccc(N)nc2)CC1. The minimum atomic E-state index is 0.0496. The second-order valence-corrected chi connectivity index (χ2v) is 5.00. The molecule has 1 aromatic heterocycles. The van der Waals surface area contributed by atoms with Crippen molar-refractivity contribution in [1.82, 2.24) is 15.2 Å². The highest BCUT2D eigenvalue weighted by Crippen LogP contribution is 2.16. The quantitative estimate of drug-likeness (QED) is 0.813. The summed E-state index contributed by atoms with van der Waals surface area (Å²) in [5, 5.41) is 2.95. The van der Waals surface area contributed by atoms with E-state index in [1.54, 1.807) is 12.3 Å². The second-order valence-electron chi connectivity index (χ2n) is 5.00. The molecule has 2 rings (SSSR count). The van der Waals surface area contributed by atoms with Crippen molar-refractivity contribution in [3.63, 3.8) is 0 Å². The van der Waals surface area contributed by atoms with Crippen LogP contribution in [0.5, 0.6) is 0 Å². The fourth-order valence-electron chi connectivity index (χ4n) is 2.24. The largest absolute Gasteiger partial charge is 0.384 e. The molecular weight excluding hydrogens is 254 g/mol. The lowest BCUT2D eigenvalue weighted by Gasteiger charge is -2.35. The summed E-state index contributed by atoms with van der Waals surface area (Å²) in [5.74, 6) is 0.530. The van der Waals surface area contributed by atoms with Crippen LogP contribution in [0.3, 0.4) is 0 Å². The fourth-order valence-corrected chi connectivity index (χ4v) is 2.24. The summed E-state index contributed by atoms with van der Waals surface area (Å²) in [7, 11) is 0. The minimum absolute atomic E-state index is 0.0496. The number of rotatable bonds is 4. The Bertz CT molecular complexity index is 426. The van der Waals surface area contributed by atoms with Crippen molar-refractivity contribution in [2.75, 3.05) is 43.4 Å². The van der Waals surface area contributed by atoms with Crippen LogP contribution in [0.4, 0.5) is 16.3 Å². The number of nitrogens with one attached hydrogen (secondary N) is 1. The van der Waals surface area contributed by atoms with Crippen LogP contribution in [0.1, 0.15) is 19.8 Å². The number of anilines is 2. The molecular formula is C14H23N5O. The predicted molar refractivity (Wildman–Crippen MR) is 80.7 cm³/mol. The lowest BCUT2D eigenvalue weighted by Crippen LogP contribution is -2.52. The van der Waals surface area contributed by atoms with E-state index in [4.69, 9.17) is 5.73 Å². The average molecular weight is 277 g/mol. The van der Waals surface area contributed by atoms with Crippen LogP contribution in [0, 0.1) is 0 Å². The van der Waals surface area contributed by atoms with E-state index in [-0.39, 0.29) is 6.03 Å². The number of pyridine rings is 1. The number of amides is 2. The van der Waals surface area contributed by atoms with Gasteiger partial charge in [0.2, 0.25) is 0 Å². The van der Waals surface area contributed by atoms with E-state index < -0.39 is 0 Å². The van der Waals surface area contributed by atoms with Gasteiger partial charge >= 0.3 is 6.03 Å². The van der Waals surface area contributed by atoms with E-state index in [2.05, 4.69) is 22.1 Å². The van der Waals surface area contributed by atoms with Crippen molar-refractivity contribution < 1.29 is 4.79 Å². The zero-order valence-electron chi connectivity index (χ0n) is 12.0. The molecule has 1 aliphatic rings. The molecule has 1 aromatic rings. The number of nitrogens with zero attached hydrogens (tertiary/aromatic N) is 3. The maximum Gasteiger partial charge on any atom is 0.317 e. The summed E-state index contributed by atoms with van der Waals surface area (Å²) in [6, 6.07) is 3.83. The molecule has 6 heteroatoms. The molecule has 2 amide bonds. The van der Waals surface area contributed by atoms with Crippen LogP contribution in [-0.2, 0) is 0 Å². The molecule has 0 bridgehead atoms. The zero-order valence-corrected chi connectivity index (χ0v) is 12.0. The number of aromatic nitrogens is 1. The lowest BCUT2D eigenvalue weighted by molar-refractivity contribution is 0.194. The summed E-state index contributed by atoms with van der Waals surface area (Å²) in [5.41, 5.74) is 6.65. The number of piperazine rings is 1. The van der Waals surface area contributed by atoms with E-state index in [0.29, 0.717) is 5.82 Å². The van der Waals surface area contributed by atoms with Crippen LogP contribution < -0.4 is 16.0 Å². The Kier molecular flexibility index (Phi) is 5.03. The van der Waals surface area contributed by atoms with Gasteiger partial charge in [0, 0.05) is 32.7 Å². The molecule has 3 N–H and O–H groups in total. The first-order valence-corrected chi connectivity index (χ1v) is 7.20. The fraction of sp³-hybridized carbons (Fsp3) is 0.571. The summed E-state index contributed by atoms with van der Waals surface area (Å²) in [6.07, 6.45) is 3.91. The lowest BCUT2D eigenvalue weighted by atomic mass is 10.3. The average Bonchev–Trinajstić information content (AvgIpc) is 2.48. The van der Waals surface area contributed by atoms with Gasteiger partial charge in [0.1, 0.15) is 5.82 Å². The summed E-state index contributed by atoms with van der Waals surface area (Å²) < 4.78 is 0. The molecule has 2 heterocycles. The normalized spacial score (nSPS) is 15.2. The van der Waals surface area contributed by atoms with Crippen LogP contribution in [-0.4, -0.2) is 48.6 Å². The molecule has 0 radical (unpaired) electrons. The molecule has 20 heavy (non-hydrogen) atoms. The third-order valence-corrected chi connectivity index (χ3v) is 3.51. The molecule has 0 unspecified atom stereocenters. The van der Waals surface area contributed by atoms with Gasteiger partial charge in [-0.15, -0.1) is 0 Å². The topological polar surface area (TPSA) is 74.5 Å². The third-order valence-electron chi connectivity index (χ3n) is 3.51. The van der Waals surface area contributed by atoms with Crippen molar-refractivity contribution in [2.45, 2.75) is 19.8 Å². The highest BCUT2D eigenvalue weighted by atomic mass is 16.2. The molecule has 1 aliphatic heterocycles. The minimum Gasteiger partial charge on any atom is -0.384 e. The van der Waals surface area contributed by atoms with Crippen molar-refractivity contribution in [1.29, 1.82) is 0 Å². The summed E-state index contributed by atoms with van der Waals surface area (Å²) in [4.78, 5) is 20.1. The molecule has 0 saturated carbocycles. The summed E-state index contributed by atoms with van der Waals surface area (Å²) >= 11 is 0. The molecule has 1 fully saturated rings. The molecule has 6 nitrogen and oxygen atoms in total. The van der Waals surface area contributed by atoms with E-state index >= 15 is 0 Å². The van der Waals surface area contributed by atoms with E-state index in [9.17, 15) is 4.79 Å². The van der Waals surface area contributed by atoms with Crippen molar-refractivity contribution >= 4 is 17.5 Å². The first-order valence-electron chi connectivity index (χ1n) is 7.20. The maximum atomic E-state index is 11.9. The van der Waals surface area contributed by atoms with Gasteiger partial charge in [0.25, 0.3) is 0 Å². The van der Waals surface area contributed by atoms with Crippen molar-refractivity contribution in [3.8, 4) is 0 Å². The van der Waals surface area contributed by atoms with Gasteiger partial charge in [-0.25, -0.2) is 9.78 Å². The highest BCUT2D eigenvalue weighted by molar-refractivity contribution is 5.74. The second kappa shape index (κ2) is 6.98. The van der Waals surface area contributed by atoms with Gasteiger partial charge in [-0.05, 0) is 18.6 Å². The molecule has 110 valence electrons. The Morgan fingerprint density at radius 1 is 1.35 bits per heavy atom. The van der Waals surface area contributed by atoms with Crippen molar-refractivity contribution in [3.05, 3.63) is 18.3 Å². The molecule has 1 saturated heterocycles. The standard InChI is InChI=1S/C14H23N5O/c1-2-3-6-16-14(20)19-9-7-18(8-10-19)12-4-5-13(15)17-11-12/h4-5,11H,2-3,6-10H2,1H3,(H2,15,17)(H,16,20). The molecule has 0 spiro atoms. The van der Waals surface area contributed by atoms with Crippen LogP contribution >= 0.6 is 0 Å². The smallest absolute Gasteiger partial charge is 0.317 e. The number of nitrogens with two attached hydrogens (primary N) is 1. The Morgan fingerprint density at radius 2 is 2.10 bits per heavy atom. The van der Waals surface area contributed by atoms with Crippen LogP contribution in [0.2, 0.25) is 0 Å². The Balaban J connectivity index is 1.80. The first kappa shape index (κ1) is 14.4. The van der Waals surface area contributed by atoms with Gasteiger partial charge in [-0.3, -0.25) is 0 Å². The number of nitrogen functional groups attached to an aromatic ring is 1. The third kappa shape index (κ3) is 3.76. The number of hydrogen-bond donors (Lipinski definition) is 2. The monoisotopic (exact) mass is 277 g/mol. The summed E-state index contributed by atoms with van der Waals surface area (Å²) in [6.45, 7) is 6.01. The number of unbranched alkanes of at least 4 members (excludes halogenated alkanes) is 1. The Labute approximate surface area is 120 Å². The highest BCUT2D eigenvalue weighted by Gasteiger charge is 2.20. The van der Waals surface area contributed by atoms with Gasteiger partial charge < -0.3 is 20.9 Å². The van der Waals surface area contributed by atoms with Gasteiger partial charge in [-0.2, -0.15) is 0 Å². The van der Waals surface area contributed by atoms with Crippen molar-refractivity contribution in [2.24, 2.45) is 0 Å². The Morgan fingerprint density at radius 3 is 2.70 bits per heavy atom. The number of hydrogen-bond acceptors (Lipinski definition) is 4.